The molecule has 0 amide bonds. The molecular formula is C26H50O5. The molecule has 0 aromatic heterocycles. The SMILES string of the molecule is CCCCCCCCCCCCC/C=C/CCCCCO[C@@H]1CO[C@H]([C@@H](O)CO)[C@@H]1O. The van der Waals surface area contributed by atoms with Gasteiger partial charge in [-0.3, -0.25) is 0 Å². The lowest BCUT2D eigenvalue weighted by atomic mass is 10.1. The first-order valence-electron chi connectivity index (χ1n) is 13.1. The Morgan fingerprint density at radius 1 is 0.839 bits per heavy atom. The summed E-state index contributed by atoms with van der Waals surface area (Å²) in [4.78, 5) is 0. The highest BCUT2D eigenvalue weighted by atomic mass is 16.6. The highest BCUT2D eigenvalue weighted by Gasteiger charge is 2.40. The second-order valence-corrected chi connectivity index (χ2v) is 9.09. The number of rotatable bonds is 21. The van der Waals surface area contributed by atoms with Crippen LogP contribution in [0.5, 0.6) is 0 Å². The zero-order valence-electron chi connectivity index (χ0n) is 20.1. The molecule has 31 heavy (non-hydrogen) atoms. The van der Waals surface area contributed by atoms with Crippen molar-refractivity contribution in [3.05, 3.63) is 12.2 Å². The Kier molecular flexibility index (Phi) is 18.6. The molecule has 1 aliphatic rings. The molecule has 1 heterocycles. The summed E-state index contributed by atoms with van der Waals surface area (Å²) < 4.78 is 11.0. The number of hydrogen-bond acceptors (Lipinski definition) is 5. The summed E-state index contributed by atoms with van der Waals surface area (Å²) in [7, 11) is 0. The van der Waals surface area contributed by atoms with E-state index in [0.29, 0.717) is 6.61 Å². The van der Waals surface area contributed by atoms with E-state index in [0.717, 1.165) is 25.7 Å². The zero-order valence-corrected chi connectivity index (χ0v) is 20.1. The molecule has 0 aliphatic carbocycles. The van der Waals surface area contributed by atoms with Gasteiger partial charge < -0.3 is 24.8 Å². The van der Waals surface area contributed by atoms with Crippen LogP contribution in [0, 0.1) is 0 Å². The largest absolute Gasteiger partial charge is 0.394 e. The highest BCUT2D eigenvalue weighted by Crippen LogP contribution is 2.20. The molecule has 0 aromatic carbocycles. The lowest BCUT2D eigenvalue weighted by molar-refractivity contribution is -0.0730. The molecular weight excluding hydrogens is 392 g/mol. The van der Waals surface area contributed by atoms with Crippen molar-refractivity contribution in [2.75, 3.05) is 19.8 Å². The molecule has 1 aliphatic heterocycles. The van der Waals surface area contributed by atoms with Crippen LogP contribution in [0.25, 0.3) is 0 Å². The van der Waals surface area contributed by atoms with E-state index in [9.17, 15) is 10.2 Å². The summed E-state index contributed by atoms with van der Waals surface area (Å²) in [6.07, 6.45) is 22.5. The molecule has 1 saturated heterocycles. The van der Waals surface area contributed by atoms with Crippen LogP contribution in [0.3, 0.4) is 0 Å². The number of aliphatic hydroxyl groups is 3. The van der Waals surface area contributed by atoms with Gasteiger partial charge in [-0.25, -0.2) is 0 Å². The van der Waals surface area contributed by atoms with Crippen molar-refractivity contribution in [2.45, 2.75) is 134 Å². The van der Waals surface area contributed by atoms with Gasteiger partial charge in [-0.1, -0.05) is 89.7 Å². The Labute approximate surface area is 191 Å². The fourth-order valence-electron chi connectivity index (χ4n) is 4.14. The van der Waals surface area contributed by atoms with E-state index in [-0.39, 0.29) is 6.61 Å². The summed E-state index contributed by atoms with van der Waals surface area (Å²) in [5.41, 5.74) is 0. The van der Waals surface area contributed by atoms with Gasteiger partial charge in [0.05, 0.1) is 13.2 Å². The van der Waals surface area contributed by atoms with Crippen LogP contribution in [0.1, 0.15) is 110 Å². The van der Waals surface area contributed by atoms with Crippen LogP contribution in [-0.4, -0.2) is 59.6 Å². The third-order valence-corrected chi connectivity index (χ3v) is 6.22. The van der Waals surface area contributed by atoms with E-state index >= 15 is 0 Å². The molecule has 0 unspecified atom stereocenters. The maximum atomic E-state index is 10.1. The van der Waals surface area contributed by atoms with Gasteiger partial charge in [-0.05, 0) is 32.1 Å². The van der Waals surface area contributed by atoms with Gasteiger partial charge in [0, 0.05) is 6.61 Å². The minimum Gasteiger partial charge on any atom is -0.394 e. The van der Waals surface area contributed by atoms with Crippen LogP contribution >= 0.6 is 0 Å². The Hall–Kier alpha value is -0.460. The van der Waals surface area contributed by atoms with Gasteiger partial charge >= 0.3 is 0 Å². The monoisotopic (exact) mass is 442 g/mol. The first kappa shape index (κ1) is 28.6. The summed E-state index contributed by atoms with van der Waals surface area (Å²) in [5.74, 6) is 0. The average Bonchev–Trinajstić information content (AvgIpc) is 3.15. The van der Waals surface area contributed by atoms with Gasteiger partial charge in [0.2, 0.25) is 0 Å². The van der Waals surface area contributed by atoms with Crippen molar-refractivity contribution in [2.24, 2.45) is 0 Å². The van der Waals surface area contributed by atoms with Crippen molar-refractivity contribution in [3.63, 3.8) is 0 Å². The minimum absolute atomic E-state index is 0.269. The number of hydrogen-bond donors (Lipinski definition) is 3. The Balaban J connectivity index is 1.81. The Bertz CT molecular complexity index is 415. The normalized spacial score (nSPS) is 22.5. The molecule has 5 heteroatoms. The molecule has 0 aromatic rings. The predicted molar refractivity (Wildman–Crippen MR) is 127 cm³/mol. The number of unbranched alkanes of at least 4 members (excludes halogenated alkanes) is 14. The van der Waals surface area contributed by atoms with Crippen molar-refractivity contribution in [1.82, 2.24) is 0 Å². The smallest absolute Gasteiger partial charge is 0.114 e. The molecule has 0 spiro atoms. The van der Waals surface area contributed by atoms with Gasteiger partial charge in [-0.2, -0.15) is 0 Å². The van der Waals surface area contributed by atoms with Crippen molar-refractivity contribution >= 4 is 0 Å². The summed E-state index contributed by atoms with van der Waals surface area (Å²) >= 11 is 0. The molecule has 4 atom stereocenters. The topological polar surface area (TPSA) is 79.2 Å². The molecule has 1 fully saturated rings. The van der Waals surface area contributed by atoms with Crippen LogP contribution in [0.4, 0.5) is 0 Å². The van der Waals surface area contributed by atoms with E-state index in [1.54, 1.807) is 0 Å². The number of allylic oxidation sites excluding steroid dienone is 2. The van der Waals surface area contributed by atoms with Crippen molar-refractivity contribution < 1.29 is 24.8 Å². The zero-order chi connectivity index (χ0) is 22.6. The molecule has 184 valence electrons. The lowest BCUT2D eigenvalue weighted by Crippen LogP contribution is -2.41. The third-order valence-electron chi connectivity index (χ3n) is 6.22. The Morgan fingerprint density at radius 2 is 1.35 bits per heavy atom. The molecule has 3 N–H and O–H groups in total. The molecule has 5 nitrogen and oxygen atoms in total. The second-order valence-electron chi connectivity index (χ2n) is 9.09. The summed E-state index contributed by atoms with van der Waals surface area (Å²) in [6.45, 7) is 2.72. The summed E-state index contributed by atoms with van der Waals surface area (Å²) in [6, 6.07) is 0. The fourth-order valence-corrected chi connectivity index (χ4v) is 4.14. The third kappa shape index (κ3) is 14.3. The highest BCUT2D eigenvalue weighted by molar-refractivity contribution is 4.88. The van der Waals surface area contributed by atoms with Crippen LogP contribution in [0.2, 0.25) is 0 Å². The van der Waals surface area contributed by atoms with E-state index in [4.69, 9.17) is 14.6 Å². The van der Waals surface area contributed by atoms with Gasteiger partial charge in [0.15, 0.2) is 0 Å². The maximum Gasteiger partial charge on any atom is 0.114 e. The number of ether oxygens (including phenoxy) is 2. The van der Waals surface area contributed by atoms with E-state index in [2.05, 4.69) is 19.1 Å². The van der Waals surface area contributed by atoms with Gasteiger partial charge in [0.25, 0.3) is 0 Å². The van der Waals surface area contributed by atoms with Crippen molar-refractivity contribution in [1.29, 1.82) is 0 Å². The second kappa shape index (κ2) is 20.2. The number of aliphatic hydroxyl groups excluding tert-OH is 3. The maximum absolute atomic E-state index is 10.1. The molecule has 0 bridgehead atoms. The predicted octanol–water partition coefficient (Wildman–Crippen LogP) is 5.30. The standard InChI is InChI=1S/C26H50O5/c1-2-3-4-5-6-7-8-9-10-11-12-13-14-15-16-17-18-19-20-30-24-22-31-26(25(24)29)23(28)21-27/h14-15,23-29H,2-13,16-22H2,1H3/b15-14+/t23-,24+,25+,26+/m0/s1. The fraction of sp³-hybridized carbons (Fsp3) is 0.923. The van der Waals surface area contributed by atoms with Crippen LogP contribution in [0.15, 0.2) is 12.2 Å². The molecule has 1 rings (SSSR count). The summed E-state index contributed by atoms with van der Waals surface area (Å²) in [5, 5.41) is 28.6. The van der Waals surface area contributed by atoms with Gasteiger partial charge in [0.1, 0.15) is 24.4 Å². The lowest BCUT2D eigenvalue weighted by Gasteiger charge is -2.20. The van der Waals surface area contributed by atoms with E-state index < -0.39 is 31.0 Å². The minimum atomic E-state index is -1.06. The van der Waals surface area contributed by atoms with E-state index in [1.807, 2.05) is 0 Å². The quantitative estimate of drug-likeness (QED) is 0.166. The Morgan fingerprint density at radius 3 is 1.90 bits per heavy atom. The molecule has 0 radical (unpaired) electrons. The first-order chi connectivity index (χ1) is 15.2. The molecule has 0 saturated carbocycles. The van der Waals surface area contributed by atoms with Crippen LogP contribution in [-0.2, 0) is 9.47 Å². The van der Waals surface area contributed by atoms with Gasteiger partial charge in [-0.15, -0.1) is 0 Å². The van der Waals surface area contributed by atoms with E-state index in [1.165, 1.54) is 77.0 Å². The van der Waals surface area contributed by atoms with Crippen LogP contribution < -0.4 is 0 Å². The first-order valence-corrected chi connectivity index (χ1v) is 13.1. The average molecular weight is 443 g/mol. The van der Waals surface area contributed by atoms with Crippen molar-refractivity contribution in [3.8, 4) is 0 Å².